The summed E-state index contributed by atoms with van der Waals surface area (Å²) in [6, 6.07) is 22.0. The first kappa shape index (κ1) is 27.6. The molecule has 9 heteroatoms. The number of fused-ring (bicyclic) bond motifs is 3. The van der Waals surface area contributed by atoms with Crippen LogP contribution in [0.15, 0.2) is 72.8 Å². The van der Waals surface area contributed by atoms with E-state index in [2.05, 4.69) is 6.92 Å². The van der Waals surface area contributed by atoms with E-state index in [9.17, 15) is 9.90 Å². The van der Waals surface area contributed by atoms with Gasteiger partial charge in [0.1, 0.15) is 28.6 Å². The summed E-state index contributed by atoms with van der Waals surface area (Å²) in [4.78, 5) is 12.5. The molecule has 41 heavy (non-hydrogen) atoms. The van der Waals surface area contributed by atoms with Crippen molar-refractivity contribution in [1.82, 2.24) is 0 Å². The number of hydrogen-bond donors (Lipinski definition) is 4. The number of anilines is 2. The summed E-state index contributed by atoms with van der Waals surface area (Å²) in [6.45, 7) is 4.30. The van der Waals surface area contributed by atoms with Crippen LogP contribution in [-0.4, -0.2) is 35.8 Å². The fourth-order valence-electron chi connectivity index (χ4n) is 5.20. The molecule has 0 fully saturated rings. The number of guanidine groups is 1. The quantitative estimate of drug-likeness (QED) is 0.162. The molecule has 4 aromatic rings. The average molecular weight is 555 g/mol. The highest BCUT2D eigenvalue weighted by molar-refractivity contribution is 6.00. The van der Waals surface area contributed by atoms with Gasteiger partial charge in [-0.05, 0) is 80.8 Å². The molecule has 0 saturated carbocycles. The SMILES string of the molecule is Cc1c2c(c3ccccc3c1O)OC(C)(CCOc1ccc(N(C(=N)N)c3ccc(OCC(N)=O)cc3)cc1)CC2. The number of benzene rings is 4. The molecule has 0 aliphatic carbocycles. The Balaban J connectivity index is 1.23. The van der Waals surface area contributed by atoms with Gasteiger partial charge < -0.3 is 30.8 Å². The normalized spacial score (nSPS) is 16.0. The number of phenolic OH excluding ortho intramolecular Hbond substituents is 1. The minimum absolute atomic E-state index is 0.150. The number of carbonyl (C=O) groups is 1. The second-order valence-electron chi connectivity index (χ2n) is 10.4. The second kappa shape index (κ2) is 11.3. The third kappa shape index (κ3) is 5.84. The Labute approximate surface area is 238 Å². The van der Waals surface area contributed by atoms with Crippen LogP contribution in [0, 0.1) is 12.3 Å². The zero-order valence-corrected chi connectivity index (χ0v) is 23.1. The summed E-state index contributed by atoms with van der Waals surface area (Å²) < 4.78 is 18.0. The van der Waals surface area contributed by atoms with E-state index >= 15 is 0 Å². The number of phenols is 1. The monoisotopic (exact) mass is 554 g/mol. The van der Waals surface area contributed by atoms with Gasteiger partial charge in [-0.25, -0.2) is 0 Å². The highest BCUT2D eigenvalue weighted by Gasteiger charge is 2.34. The topological polar surface area (TPSA) is 144 Å². The van der Waals surface area contributed by atoms with E-state index in [-0.39, 0.29) is 12.6 Å². The third-order valence-electron chi connectivity index (χ3n) is 7.47. The molecule has 0 spiro atoms. The molecule has 1 amide bonds. The number of rotatable bonds is 9. The maximum Gasteiger partial charge on any atom is 0.255 e. The predicted molar refractivity (Wildman–Crippen MR) is 159 cm³/mol. The van der Waals surface area contributed by atoms with Crippen molar-refractivity contribution >= 4 is 34.0 Å². The smallest absolute Gasteiger partial charge is 0.255 e. The van der Waals surface area contributed by atoms with Crippen LogP contribution in [0.2, 0.25) is 0 Å². The van der Waals surface area contributed by atoms with Gasteiger partial charge in [-0.15, -0.1) is 0 Å². The van der Waals surface area contributed by atoms with Gasteiger partial charge in [-0.1, -0.05) is 24.3 Å². The summed E-state index contributed by atoms with van der Waals surface area (Å²) in [6.07, 6.45) is 2.33. The molecule has 9 nitrogen and oxygen atoms in total. The van der Waals surface area contributed by atoms with E-state index in [1.165, 1.54) is 0 Å². The maximum absolute atomic E-state index is 10.9. The van der Waals surface area contributed by atoms with Crippen LogP contribution < -0.4 is 30.6 Å². The zero-order chi connectivity index (χ0) is 29.1. The molecule has 1 atom stereocenters. The van der Waals surface area contributed by atoms with Gasteiger partial charge in [-0.2, -0.15) is 0 Å². The number of hydrogen-bond acceptors (Lipinski definition) is 6. The first-order chi connectivity index (χ1) is 19.6. The van der Waals surface area contributed by atoms with Crippen LogP contribution >= 0.6 is 0 Å². The number of amides is 1. The highest BCUT2D eigenvalue weighted by atomic mass is 16.5. The molecule has 212 valence electrons. The molecule has 0 bridgehead atoms. The van der Waals surface area contributed by atoms with Crippen LogP contribution in [0.1, 0.15) is 30.9 Å². The molecule has 1 unspecified atom stereocenters. The van der Waals surface area contributed by atoms with Crippen LogP contribution in [-0.2, 0) is 11.2 Å². The summed E-state index contributed by atoms with van der Waals surface area (Å²) in [5.74, 6) is 1.65. The molecule has 1 aliphatic heterocycles. The molecule has 5 rings (SSSR count). The molecule has 4 aromatic carbocycles. The summed E-state index contributed by atoms with van der Waals surface area (Å²) >= 11 is 0. The van der Waals surface area contributed by atoms with Crippen molar-refractivity contribution in [2.45, 2.75) is 38.7 Å². The predicted octanol–water partition coefficient (Wildman–Crippen LogP) is 5.30. The lowest BCUT2D eigenvalue weighted by Crippen LogP contribution is -2.38. The molecule has 1 heterocycles. The highest BCUT2D eigenvalue weighted by Crippen LogP contribution is 2.45. The summed E-state index contributed by atoms with van der Waals surface area (Å²) in [5, 5.41) is 20.5. The van der Waals surface area contributed by atoms with Gasteiger partial charge in [0, 0.05) is 34.1 Å². The Kier molecular flexibility index (Phi) is 7.61. The van der Waals surface area contributed by atoms with Crippen LogP contribution in [0.25, 0.3) is 10.8 Å². The molecular weight excluding hydrogens is 520 g/mol. The number of nitrogens with zero attached hydrogens (tertiary/aromatic N) is 1. The second-order valence-corrected chi connectivity index (χ2v) is 10.4. The maximum atomic E-state index is 10.9. The first-order valence-corrected chi connectivity index (χ1v) is 13.5. The van der Waals surface area contributed by atoms with Crippen molar-refractivity contribution in [1.29, 1.82) is 5.41 Å². The lowest BCUT2D eigenvalue weighted by molar-refractivity contribution is -0.119. The summed E-state index contributed by atoms with van der Waals surface area (Å²) in [7, 11) is 0. The Bertz CT molecular complexity index is 1590. The average Bonchev–Trinajstić information content (AvgIpc) is 2.96. The number of primary amides is 1. The van der Waals surface area contributed by atoms with E-state index in [1.54, 1.807) is 29.2 Å². The van der Waals surface area contributed by atoms with Crippen molar-refractivity contribution in [2.75, 3.05) is 18.1 Å². The minimum atomic E-state index is -0.558. The molecule has 0 aromatic heterocycles. The minimum Gasteiger partial charge on any atom is -0.507 e. The van der Waals surface area contributed by atoms with E-state index in [4.69, 9.17) is 31.1 Å². The van der Waals surface area contributed by atoms with Gasteiger partial charge in [0.05, 0.1) is 6.61 Å². The van der Waals surface area contributed by atoms with Crippen molar-refractivity contribution in [3.63, 3.8) is 0 Å². The number of carbonyl (C=O) groups excluding carboxylic acids is 1. The Morgan fingerprint density at radius 1 is 0.976 bits per heavy atom. The lowest BCUT2D eigenvalue weighted by atomic mass is 9.86. The third-order valence-corrected chi connectivity index (χ3v) is 7.47. The van der Waals surface area contributed by atoms with Crippen LogP contribution in [0.4, 0.5) is 11.4 Å². The van der Waals surface area contributed by atoms with Crippen molar-refractivity contribution in [2.24, 2.45) is 11.5 Å². The van der Waals surface area contributed by atoms with Crippen molar-refractivity contribution in [3.05, 3.63) is 83.9 Å². The summed E-state index contributed by atoms with van der Waals surface area (Å²) in [5.41, 5.74) is 13.9. The largest absolute Gasteiger partial charge is 0.507 e. The molecular formula is C32H34N4O5. The standard InChI is InChI=1S/C32H34N4O5/c1-20-25-15-16-32(2,41-30(25)27-6-4-3-5-26(27)29(20)38)17-18-39-23-11-7-21(8-12-23)36(31(34)35)22-9-13-24(14-10-22)40-19-28(33)37/h3-14,38H,15-19H2,1-2H3,(H2,33,37)(H3,34,35). The van der Waals surface area contributed by atoms with E-state index in [0.717, 1.165) is 40.5 Å². The van der Waals surface area contributed by atoms with E-state index in [1.807, 2.05) is 55.5 Å². The number of ether oxygens (including phenoxy) is 3. The molecule has 0 saturated heterocycles. The Morgan fingerprint density at radius 2 is 1.56 bits per heavy atom. The Morgan fingerprint density at radius 3 is 2.15 bits per heavy atom. The van der Waals surface area contributed by atoms with E-state index < -0.39 is 11.5 Å². The fraction of sp³-hybridized carbons (Fsp3) is 0.250. The van der Waals surface area contributed by atoms with E-state index in [0.29, 0.717) is 41.7 Å². The number of nitrogens with one attached hydrogen (secondary N) is 1. The zero-order valence-electron chi connectivity index (χ0n) is 23.1. The fourth-order valence-corrected chi connectivity index (χ4v) is 5.20. The van der Waals surface area contributed by atoms with Gasteiger partial charge in [0.25, 0.3) is 5.91 Å². The molecule has 0 radical (unpaired) electrons. The van der Waals surface area contributed by atoms with Gasteiger partial charge >= 0.3 is 0 Å². The lowest BCUT2D eigenvalue weighted by Gasteiger charge is -2.37. The Hall–Kier alpha value is -4.92. The van der Waals surface area contributed by atoms with Crippen LogP contribution in [0.5, 0.6) is 23.0 Å². The first-order valence-electron chi connectivity index (χ1n) is 13.5. The van der Waals surface area contributed by atoms with Gasteiger partial charge in [-0.3, -0.25) is 15.1 Å². The molecule has 6 N–H and O–H groups in total. The van der Waals surface area contributed by atoms with Gasteiger partial charge in [0.15, 0.2) is 12.6 Å². The van der Waals surface area contributed by atoms with Crippen molar-refractivity contribution in [3.8, 4) is 23.0 Å². The van der Waals surface area contributed by atoms with Crippen LogP contribution in [0.3, 0.4) is 0 Å². The van der Waals surface area contributed by atoms with Crippen molar-refractivity contribution < 1.29 is 24.1 Å². The molecule has 1 aliphatic rings. The number of aromatic hydroxyl groups is 1. The van der Waals surface area contributed by atoms with Gasteiger partial charge in [0.2, 0.25) is 0 Å². The number of nitrogens with two attached hydrogens (primary N) is 2.